The summed E-state index contributed by atoms with van der Waals surface area (Å²) in [5.74, 6) is 2.25. The Hall–Kier alpha value is -2.19. The average Bonchev–Trinajstić information content (AvgIpc) is 3.15. The van der Waals surface area contributed by atoms with Gasteiger partial charge in [0.2, 0.25) is 0 Å². The molecule has 0 aliphatic carbocycles. The van der Waals surface area contributed by atoms with E-state index in [0.717, 1.165) is 49.7 Å². The maximum absolute atomic E-state index is 6.00. The SMILES string of the molecule is CC(C)[C@@H]1OCCC[C@H]1Nc1cc(N2CCO[C@@H](c3cnn(C)c3)C2)ncn1. The fourth-order valence-corrected chi connectivity index (χ4v) is 4.07. The van der Waals surface area contributed by atoms with Gasteiger partial charge in [-0.05, 0) is 18.8 Å². The van der Waals surface area contributed by atoms with E-state index in [0.29, 0.717) is 12.5 Å². The molecule has 0 saturated carbocycles. The molecule has 3 atom stereocenters. The minimum absolute atomic E-state index is 0.00545. The average molecular weight is 387 g/mol. The number of hydrogen-bond acceptors (Lipinski definition) is 7. The summed E-state index contributed by atoms with van der Waals surface area (Å²) in [6.45, 7) is 7.50. The van der Waals surface area contributed by atoms with E-state index >= 15 is 0 Å². The summed E-state index contributed by atoms with van der Waals surface area (Å²) in [4.78, 5) is 11.2. The van der Waals surface area contributed by atoms with Crippen molar-refractivity contribution in [3.05, 3.63) is 30.4 Å². The largest absolute Gasteiger partial charge is 0.376 e. The van der Waals surface area contributed by atoms with Gasteiger partial charge in [0, 0.05) is 44.6 Å². The zero-order valence-corrected chi connectivity index (χ0v) is 16.9. The molecule has 0 amide bonds. The topological polar surface area (TPSA) is 77.3 Å². The van der Waals surface area contributed by atoms with Crippen LogP contribution in [0.15, 0.2) is 24.8 Å². The van der Waals surface area contributed by atoms with Gasteiger partial charge in [-0.3, -0.25) is 4.68 Å². The molecule has 28 heavy (non-hydrogen) atoms. The van der Waals surface area contributed by atoms with Gasteiger partial charge in [0.15, 0.2) is 0 Å². The highest BCUT2D eigenvalue weighted by atomic mass is 16.5. The van der Waals surface area contributed by atoms with Gasteiger partial charge in [0.1, 0.15) is 24.1 Å². The minimum Gasteiger partial charge on any atom is -0.376 e. The first-order chi connectivity index (χ1) is 13.6. The quantitative estimate of drug-likeness (QED) is 0.845. The van der Waals surface area contributed by atoms with E-state index in [4.69, 9.17) is 9.47 Å². The number of aryl methyl sites for hydroxylation is 1. The monoisotopic (exact) mass is 386 g/mol. The van der Waals surface area contributed by atoms with Crippen molar-refractivity contribution in [3.8, 4) is 0 Å². The van der Waals surface area contributed by atoms with E-state index in [1.54, 1.807) is 6.33 Å². The predicted octanol–water partition coefficient (Wildman–Crippen LogP) is 2.40. The van der Waals surface area contributed by atoms with Crippen LogP contribution in [-0.4, -0.2) is 58.2 Å². The lowest BCUT2D eigenvalue weighted by atomic mass is 9.94. The molecule has 0 bridgehead atoms. The van der Waals surface area contributed by atoms with Crippen molar-refractivity contribution in [2.45, 2.75) is 44.9 Å². The molecule has 0 spiro atoms. The van der Waals surface area contributed by atoms with Crippen LogP contribution in [0.2, 0.25) is 0 Å². The fraction of sp³-hybridized carbons (Fsp3) is 0.650. The third kappa shape index (κ3) is 4.28. The van der Waals surface area contributed by atoms with Crippen LogP contribution in [0.5, 0.6) is 0 Å². The summed E-state index contributed by atoms with van der Waals surface area (Å²) < 4.78 is 13.8. The van der Waals surface area contributed by atoms with Gasteiger partial charge in [-0.25, -0.2) is 9.97 Å². The molecule has 8 heteroatoms. The van der Waals surface area contributed by atoms with E-state index in [1.165, 1.54) is 0 Å². The molecular weight excluding hydrogens is 356 g/mol. The lowest BCUT2D eigenvalue weighted by Crippen LogP contribution is -2.43. The molecule has 2 aliphatic heterocycles. The highest BCUT2D eigenvalue weighted by molar-refractivity contribution is 5.49. The van der Waals surface area contributed by atoms with Gasteiger partial charge < -0.3 is 19.7 Å². The number of rotatable bonds is 5. The molecule has 0 aromatic carbocycles. The molecule has 152 valence electrons. The Balaban J connectivity index is 1.45. The first kappa shape index (κ1) is 19.1. The highest BCUT2D eigenvalue weighted by Gasteiger charge is 2.29. The normalized spacial score (nSPS) is 25.9. The smallest absolute Gasteiger partial charge is 0.134 e. The molecular formula is C20H30N6O2. The first-order valence-corrected chi connectivity index (χ1v) is 10.2. The Kier molecular flexibility index (Phi) is 5.77. The maximum Gasteiger partial charge on any atom is 0.134 e. The molecule has 4 heterocycles. The predicted molar refractivity (Wildman–Crippen MR) is 107 cm³/mol. The van der Waals surface area contributed by atoms with Crippen molar-refractivity contribution in [2.24, 2.45) is 13.0 Å². The molecule has 2 aromatic heterocycles. The number of morpholine rings is 1. The van der Waals surface area contributed by atoms with Crippen LogP contribution in [0.3, 0.4) is 0 Å². The van der Waals surface area contributed by atoms with E-state index in [2.05, 4.69) is 39.1 Å². The maximum atomic E-state index is 6.00. The summed E-state index contributed by atoms with van der Waals surface area (Å²) in [7, 11) is 1.92. The van der Waals surface area contributed by atoms with E-state index in [-0.39, 0.29) is 18.2 Å². The van der Waals surface area contributed by atoms with E-state index in [1.807, 2.05) is 30.2 Å². The number of ether oxygens (including phenoxy) is 2. The molecule has 0 radical (unpaired) electrons. The van der Waals surface area contributed by atoms with Crippen molar-refractivity contribution >= 4 is 11.6 Å². The fourth-order valence-electron chi connectivity index (χ4n) is 4.07. The van der Waals surface area contributed by atoms with E-state index in [9.17, 15) is 0 Å². The summed E-state index contributed by atoms with van der Waals surface area (Å²) in [5, 5.41) is 7.85. The summed E-state index contributed by atoms with van der Waals surface area (Å²) >= 11 is 0. The third-order valence-corrected chi connectivity index (χ3v) is 5.50. The molecule has 4 rings (SSSR count). The van der Waals surface area contributed by atoms with Crippen molar-refractivity contribution in [1.29, 1.82) is 0 Å². The van der Waals surface area contributed by atoms with Gasteiger partial charge in [0.25, 0.3) is 0 Å². The zero-order chi connectivity index (χ0) is 19.5. The van der Waals surface area contributed by atoms with Crippen LogP contribution in [-0.2, 0) is 16.5 Å². The Labute approximate surface area is 166 Å². The lowest BCUT2D eigenvalue weighted by molar-refractivity contribution is -0.0203. The van der Waals surface area contributed by atoms with E-state index < -0.39 is 0 Å². The molecule has 1 N–H and O–H groups in total. The number of nitrogens with zero attached hydrogens (tertiary/aromatic N) is 5. The van der Waals surface area contributed by atoms with Gasteiger partial charge in [-0.2, -0.15) is 5.10 Å². The van der Waals surface area contributed by atoms with Gasteiger partial charge in [0.05, 0.1) is 24.9 Å². The highest BCUT2D eigenvalue weighted by Crippen LogP contribution is 2.27. The van der Waals surface area contributed by atoms with Gasteiger partial charge >= 0.3 is 0 Å². The zero-order valence-electron chi connectivity index (χ0n) is 16.9. The Morgan fingerprint density at radius 2 is 2.11 bits per heavy atom. The van der Waals surface area contributed by atoms with Crippen LogP contribution in [0.25, 0.3) is 0 Å². The molecule has 0 unspecified atom stereocenters. The molecule has 2 aliphatic rings. The Morgan fingerprint density at radius 1 is 1.21 bits per heavy atom. The Bertz CT molecular complexity index is 780. The van der Waals surface area contributed by atoms with Crippen LogP contribution in [0.1, 0.15) is 38.4 Å². The van der Waals surface area contributed by atoms with Gasteiger partial charge in [-0.1, -0.05) is 13.8 Å². The molecule has 8 nitrogen and oxygen atoms in total. The number of anilines is 2. The number of hydrogen-bond donors (Lipinski definition) is 1. The summed E-state index contributed by atoms with van der Waals surface area (Å²) in [5.41, 5.74) is 1.10. The van der Waals surface area contributed by atoms with Crippen molar-refractivity contribution in [1.82, 2.24) is 19.7 Å². The number of aromatic nitrogens is 4. The van der Waals surface area contributed by atoms with Crippen LogP contribution in [0, 0.1) is 5.92 Å². The third-order valence-electron chi connectivity index (χ3n) is 5.50. The number of nitrogens with one attached hydrogen (secondary N) is 1. The summed E-state index contributed by atoms with van der Waals surface area (Å²) in [6, 6.07) is 2.32. The van der Waals surface area contributed by atoms with Crippen LogP contribution >= 0.6 is 0 Å². The van der Waals surface area contributed by atoms with Gasteiger partial charge in [-0.15, -0.1) is 0 Å². The second-order valence-electron chi connectivity index (χ2n) is 7.99. The van der Waals surface area contributed by atoms with Crippen molar-refractivity contribution in [2.75, 3.05) is 36.5 Å². The molecule has 2 aromatic rings. The van der Waals surface area contributed by atoms with Crippen molar-refractivity contribution < 1.29 is 9.47 Å². The Morgan fingerprint density at radius 3 is 2.89 bits per heavy atom. The van der Waals surface area contributed by atoms with Crippen LogP contribution in [0.4, 0.5) is 11.6 Å². The minimum atomic E-state index is 0.00545. The van der Waals surface area contributed by atoms with Crippen LogP contribution < -0.4 is 10.2 Å². The second kappa shape index (κ2) is 8.45. The second-order valence-corrected chi connectivity index (χ2v) is 7.99. The van der Waals surface area contributed by atoms with Crippen molar-refractivity contribution in [3.63, 3.8) is 0 Å². The summed E-state index contributed by atoms with van der Waals surface area (Å²) in [6.07, 6.45) is 7.92. The first-order valence-electron chi connectivity index (χ1n) is 10.2. The standard InChI is InChI=1S/C20H30N6O2/c1-14(2)20-16(5-4-7-28-20)24-18-9-19(22-13-21-18)26-6-8-27-17(12-26)15-10-23-25(3)11-15/h9-11,13-14,16-17,20H,4-8,12H2,1-3H3,(H,21,22,24)/t16-,17-,20+/m1/s1. The lowest BCUT2D eigenvalue weighted by Gasteiger charge is -2.36. The molecule has 2 fully saturated rings. The molecule has 2 saturated heterocycles.